The van der Waals surface area contributed by atoms with Crippen LogP contribution >= 0.6 is 0 Å². The van der Waals surface area contributed by atoms with E-state index in [-0.39, 0.29) is 11.4 Å². The second-order valence-corrected chi connectivity index (χ2v) is 2.73. The molecular formula is C7H12N2O4. The Kier molecular flexibility index (Phi) is 2.86. The molecule has 0 bridgehead atoms. The van der Waals surface area contributed by atoms with Gasteiger partial charge in [0.25, 0.3) is 0 Å². The molecule has 1 heterocycles. The summed E-state index contributed by atoms with van der Waals surface area (Å²) in [5.41, 5.74) is 0.0848. The van der Waals surface area contributed by atoms with Crippen LogP contribution in [0.15, 0.2) is 6.20 Å². The zero-order valence-corrected chi connectivity index (χ0v) is 7.12. The van der Waals surface area contributed by atoms with Gasteiger partial charge in [0.15, 0.2) is 5.75 Å². The number of hydrogen-bond donors (Lipinski definition) is 4. The molecule has 0 unspecified atom stereocenters. The molecule has 6 nitrogen and oxygen atoms in total. The van der Waals surface area contributed by atoms with Crippen molar-refractivity contribution in [3.8, 4) is 5.75 Å². The normalized spacial score (nSPS) is 15.7. The third-order valence-electron chi connectivity index (χ3n) is 1.80. The average Bonchev–Trinajstić information content (AvgIpc) is 2.44. The van der Waals surface area contributed by atoms with Gasteiger partial charge in [-0.2, -0.15) is 5.10 Å². The van der Waals surface area contributed by atoms with E-state index in [0.29, 0.717) is 0 Å². The Morgan fingerprint density at radius 3 is 2.54 bits per heavy atom. The minimum Gasteiger partial charge on any atom is -0.504 e. The topological polar surface area (TPSA) is 98.7 Å². The summed E-state index contributed by atoms with van der Waals surface area (Å²) < 4.78 is 1.23. The van der Waals surface area contributed by atoms with Crippen LogP contribution in [0.3, 0.4) is 0 Å². The minimum atomic E-state index is -1.34. The van der Waals surface area contributed by atoms with Crippen LogP contribution < -0.4 is 0 Å². The molecule has 4 N–H and O–H groups in total. The fourth-order valence-electron chi connectivity index (χ4n) is 1.06. The van der Waals surface area contributed by atoms with Gasteiger partial charge in [-0.1, -0.05) is 0 Å². The van der Waals surface area contributed by atoms with Crippen molar-refractivity contribution in [1.82, 2.24) is 9.78 Å². The molecule has 0 saturated heterocycles. The molecule has 1 aromatic heterocycles. The number of hydrogen-bond acceptors (Lipinski definition) is 5. The second-order valence-electron chi connectivity index (χ2n) is 2.73. The van der Waals surface area contributed by atoms with Crippen molar-refractivity contribution in [3.05, 3.63) is 11.9 Å². The van der Waals surface area contributed by atoms with Crippen molar-refractivity contribution in [1.29, 1.82) is 0 Å². The van der Waals surface area contributed by atoms with E-state index in [1.54, 1.807) is 0 Å². The lowest BCUT2D eigenvalue weighted by Gasteiger charge is -2.15. The lowest BCUT2D eigenvalue weighted by Crippen LogP contribution is -2.24. The molecule has 0 radical (unpaired) electrons. The van der Waals surface area contributed by atoms with Gasteiger partial charge in [-0.05, 0) is 0 Å². The van der Waals surface area contributed by atoms with Crippen LogP contribution in [-0.2, 0) is 7.05 Å². The predicted molar refractivity (Wildman–Crippen MR) is 42.9 cm³/mol. The molecule has 0 aromatic carbocycles. The molecule has 1 rings (SSSR count). The monoisotopic (exact) mass is 188 g/mol. The molecule has 6 heteroatoms. The van der Waals surface area contributed by atoms with E-state index in [1.165, 1.54) is 11.7 Å². The van der Waals surface area contributed by atoms with Gasteiger partial charge in [0.1, 0.15) is 17.9 Å². The number of aryl methyl sites for hydroxylation is 1. The van der Waals surface area contributed by atoms with Crippen molar-refractivity contribution in [2.24, 2.45) is 7.05 Å². The highest BCUT2D eigenvalue weighted by molar-refractivity contribution is 5.25. The van der Waals surface area contributed by atoms with Crippen molar-refractivity contribution >= 4 is 0 Å². The van der Waals surface area contributed by atoms with E-state index in [0.717, 1.165) is 6.20 Å². The van der Waals surface area contributed by atoms with Crippen LogP contribution in [0.1, 0.15) is 11.8 Å². The van der Waals surface area contributed by atoms with Crippen LogP contribution in [0.25, 0.3) is 0 Å². The maximum absolute atomic E-state index is 9.41. The molecule has 0 aliphatic carbocycles. The van der Waals surface area contributed by atoms with Crippen LogP contribution in [0.4, 0.5) is 0 Å². The van der Waals surface area contributed by atoms with Crippen LogP contribution in [0, 0.1) is 0 Å². The highest BCUT2D eigenvalue weighted by Gasteiger charge is 2.23. The van der Waals surface area contributed by atoms with Crippen LogP contribution in [0.2, 0.25) is 0 Å². The Bertz CT molecular complexity index is 267. The third kappa shape index (κ3) is 1.80. The molecule has 0 saturated carbocycles. The SMILES string of the molecule is Cn1ncc(O)c1[C@H](O)[C@H](O)CO. The van der Waals surface area contributed by atoms with Crippen LogP contribution in [-0.4, -0.2) is 42.9 Å². The Morgan fingerprint density at radius 1 is 1.54 bits per heavy atom. The average molecular weight is 188 g/mol. The molecule has 0 aliphatic rings. The number of aliphatic hydroxyl groups is 3. The summed E-state index contributed by atoms with van der Waals surface area (Å²) in [7, 11) is 1.52. The van der Waals surface area contributed by atoms with E-state index < -0.39 is 18.8 Å². The summed E-state index contributed by atoms with van der Waals surface area (Å²) >= 11 is 0. The smallest absolute Gasteiger partial charge is 0.159 e. The first-order valence-corrected chi connectivity index (χ1v) is 3.75. The quantitative estimate of drug-likeness (QED) is 0.463. The summed E-state index contributed by atoms with van der Waals surface area (Å²) in [6.07, 6.45) is -1.50. The highest BCUT2D eigenvalue weighted by atomic mass is 16.4. The molecule has 74 valence electrons. The van der Waals surface area contributed by atoms with E-state index in [9.17, 15) is 10.2 Å². The molecule has 0 fully saturated rings. The highest BCUT2D eigenvalue weighted by Crippen LogP contribution is 2.24. The van der Waals surface area contributed by atoms with Gasteiger partial charge in [0.05, 0.1) is 12.8 Å². The Morgan fingerprint density at radius 2 is 2.15 bits per heavy atom. The molecule has 0 spiro atoms. The standard InChI is InChI=1S/C7H12N2O4/c1-9-6(4(11)2-8-9)7(13)5(12)3-10/h2,5,7,10-13H,3H2,1H3/t5-,7-/m1/s1. The van der Waals surface area contributed by atoms with Gasteiger partial charge in [-0.15, -0.1) is 0 Å². The Labute approximate surface area is 74.7 Å². The molecule has 13 heavy (non-hydrogen) atoms. The second kappa shape index (κ2) is 3.73. The van der Waals surface area contributed by atoms with Gasteiger partial charge in [-0.3, -0.25) is 4.68 Å². The van der Waals surface area contributed by atoms with E-state index in [1.807, 2.05) is 0 Å². The van der Waals surface area contributed by atoms with E-state index in [2.05, 4.69) is 5.10 Å². The fraction of sp³-hybridized carbons (Fsp3) is 0.571. The third-order valence-corrected chi connectivity index (χ3v) is 1.80. The number of aromatic nitrogens is 2. The van der Waals surface area contributed by atoms with Crippen molar-refractivity contribution in [2.75, 3.05) is 6.61 Å². The van der Waals surface area contributed by atoms with E-state index >= 15 is 0 Å². The first kappa shape index (κ1) is 9.97. The van der Waals surface area contributed by atoms with Crippen LogP contribution in [0.5, 0.6) is 5.75 Å². The lowest BCUT2D eigenvalue weighted by molar-refractivity contribution is -0.0199. The summed E-state index contributed by atoms with van der Waals surface area (Å²) in [6.45, 7) is -0.578. The zero-order chi connectivity index (χ0) is 10.0. The van der Waals surface area contributed by atoms with Gasteiger partial charge >= 0.3 is 0 Å². The van der Waals surface area contributed by atoms with Gasteiger partial charge in [0.2, 0.25) is 0 Å². The molecule has 2 atom stereocenters. The predicted octanol–water partition coefficient (Wildman–Crippen LogP) is -1.49. The van der Waals surface area contributed by atoms with Gasteiger partial charge < -0.3 is 20.4 Å². The largest absolute Gasteiger partial charge is 0.504 e. The van der Waals surface area contributed by atoms with Gasteiger partial charge in [-0.25, -0.2) is 0 Å². The summed E-state index contributed by atoms with van der Waals surface area (Å²) in [5.74, 6) is -0.206. The van der Waals surface area contributed by atoms with Gasteiger partial charge in [0, 0.05) is 7.05 Å². The molecule has 0 aliphatic heterocycles. The number of aliphatic hydroxyl groups excluding tert-OH is 3. The van der Waals surface area contributed by atoms with Crippen molar-refractivity contribution < 1.29 is 20.4 Å². The number of rotatable bonds is 3. The molecule has 0 amide bonds. The molecule has 1 aromatic rings. The van der Waals surface area contributed by atoms with E-state index in [4.69, 9.17) is 10.2 Å². The summed E-state index contributed by atoms with van der Waals surface area (Å²) in [5, 5.41) is 39.9. The van der Waals surface area contributed by atoms with Crippen molar-refractivity contribution in [3.63, 3.8) is 0 Å². The number of aromatic hydroxyl groups is 1. The molecular weight excluding hydrogens is 176 g/mol. The zero-order valence-electron chi connectivity index (χ0n) is 7.12. The summed E-state index contributed by atoms with van der Waals surface area (Å²) in [4.78, 5) is 0. The first-order chi connectivity index (χ1) is 6.07. The fourth-order valence-corrected chi connectivity index (χ4v) is 1.06. The first-order valence-electron chi connectivity index (χ1n) is 3.75. The van der Waals surface area contributed by atoms with Crippen molar-refractivity contribution in [2.45, 2.75) is 12.2 Å². The maximum Gasteiger partial charge on any atom is 0.159 e. The maximum atomic E-state index is 9.41. The Balaban J connectivity index is 2.93. The number of nitrogens with zero attached hydrogens (tertiary/aromatic N) is 2. The summed E-state index contributed by atoms with van der Waals surface area (Å²) in [6, 6.07) is 0. The minimum absolute atomic E-state index is 0.0848. The lowest BCUT2D eigenvalue weighted by atomic mass is 10.1. The Hall–Kier alpha value is -1.11.